The van der Waals surface area contributed by atoms with Crippen molar-refractivity contribution in [3.63, 3.8) is 0 Å². The van der Waals surface area contributed by atoms with E-state index in [1.54, 1.807) is 12.1 Å². The quantitative estimate of drug-likeness (QED) is 0.588. The molecular formula is C11H11FN2. The Morgan fingerprint density at radius 3 is 2.86 bits per heavy atom. The fraction of sp³-hybridized carbons (Fsp3) is 0.182. The number of nitriles is 1. The summed E-state index contributed by atoms with van der Waals surface area (Å²) in [7, 11) is 0. The standard InChI is InChI=1S/C11H11FN2/c1-2-8(5-6-13)10-4-3-9(12)7-11(10)14/h2-4,7-8H,1,5,14H2. The predicted octanol–water partition coefficient (Wildman–Crippen LogP) is 2.59. The molecule has 1 unspecified atom stereocenters. The Morgan fingerprint density at radius 1 is 1.64 bits per heavy atom. The SMILES string of the molecule is C=CC(CC#N)c1ccc(F)cc1N. The zero-order valence-corrected chi connectivity index (χ0v) is 7.70. The van der Waals surface area contributed by atoms with Gasteiger partial charge < -0.3 is 5.73 Å². The molecule has 14 heavy (non-hydrogen) atoms. The van der Waals surface area contributed by atoms with Gasteiger partial charge in [0.15, 0.2) is 0 Å². The third kappa shape index (κ3) is 2.11. The Hall–Kier alpha value is -1.82. The molecular weight excluding hydrogens is 179 g/mol. The van der Waals surface area contributed by atoms with E-state index in [4.69, 9.17) is 11.0 Å². The van der Waals surface area contributed by atoms with Crippen LogP contribution in [0, 0.1) is 17.1 Å². The topological polar surface area (TPSA) is 49.8 Å². The van der Waals surface area contributed by atoms with Gasteiger partial charge in [0.05, 0.1) is 6.07 Å². The van der Waals surface area contributed by atoms with E-state index < -0.39 is 0 Å². The van der Waals surface area contributed by atoms with Gasteiger partial charge in [0.25, 0.3) is 0 Å². The van der Waals surface area contributed by atoms with Gasteiger partial charge in [-0.25, -0.2) is 4.39 Å². The van der Waals surface area contributed by atoms with Gasteiger partial charge in [0.1, 0.15) is 5.82 Å². The lowest BCUT2D eigenvalue weighted by atomic mass is 9.95. The van der Waals surface area contributed by atoms with E-state index in [9.17, 15) is 4.39 Å². The summed E-state index contributed by atoms with van der Waals surface area (Å²) in [5.74, 6) is -0.494. The molecule has 2 nitrogen and oxygen atoms in total. The first-order chi connectivity index (χ1) is 6.69. The summed E-state index contributed by atoms with van der Waals surface area (Å²) in [6.07, 6.45) is 1.95. The molecule has 0 aliphatic carbocycles. The summed E-state index contributed by atoms with van der Waals surface area (Å²) >= 11 is 0. The molecule has 1 aromatic rings. The van der Waals surface area contributed by atoms with Crippen molar-refractivity contribution in [1.82, 2.24) is 0 Å². The first-order valence-electron chi connectivity index (χ1n) is 4.23. The Labute approximate surface area is 82.5 Å². The van der Waals surface area contributed by atoms with Crippen molar-refractivity contribution in [2.75, 3.05) is 5.73 Å². The number of allylic oxidation sites excluding steroid dienone is 1. The van der Waals surface area contributed by atoms with E-state index >= 15 is 0 Å². The number of rotatable bonds is 3. The number of nitrogen functional groups attached to an aromatic ring is 1. The van der Waals surface area contributed by atoms with Crippen LogP contribution in [-0.2, 0) is 0 Å². The van der Waals surface area contributed by atoms with Gasteiger partial charge in [-0.15, -0.1) is 6.58 Å². The summed E-state index contributed by atoms with van der Waals surface area (Å²) in [5.41, 5.74) is 6.75. The number of nitrogens with zero attached hydrogens (tertiary/aromatic N) is 1. The summed E-state index contributed by atoms with van der Waals surface area (Å²) in [5, 5.41) is 8.56. The summed E-state index contributed by atoms with van der Waals surface area (Å²) in [4.78, 5) is 0. The molecule has 1 rings (SSSR count). The van der Waals surface area contributed by atoms with Crippen molar-refractivity contribution < 1.29 is 4.39 Å². The number of halogens is 1. The van der Waals surface area contributed by atoms with Crippen molar-refractivity contribution >= 4 is 5.69 Å². The Kier molecular flexibility index (Phi) is 3.24. The van der Waals surface area contributed by atoms with Gasteiger partial charge in [-0.3, -0.25) is 0 Å². The molecule has 0 saturated carbocycles. The maximum Gasteiger partial charge on any atom is 0.125 e. The predicted molar refractivity (Wildman–Crippen MR) is 54.0 cm³/mol. The number of hydrogen-bond donors (Lipinski definition) is 1. The second-order valence-electron chi connectivity index (χ2n) is 2.98. The largest absolute Gasteiger partial charge is 0.398 e. The van der Waals surface area contributed by atoms with E-state index in [0.717, 1.165) is 5.56 Å². The number of hydrogen-bond acceptors (Lipinski definition) is 2. The lowest BCUT2D eigenvalue weighted by molar-refractivity contribution is 0.627. The van der Waals surface area contributed by atoms with Crippen LogP contribution >= 0.6 is 0 Å². The van der Waals surface area contributed by atoms with Gasteiger partial charge in [-0.05, 0) is 17.7 Å². The minimum absolute atomic E-state index is 0.124. The zero-order chi connectivity index (χ0) is 10.6. The highest BCUT2D eigenvalue weighted by Crippen LogP contribution is 2.26. The molecule has 0 fully saturated rings. The van der Waals surface area contributed by atoms with E-state index in [1.165, 1.54) is 12.1 Å². The monoisotopic (exact) mass is 190 g/mol. The smallest absolute Gasteiger partial charge is 0.125 e. The van der Waals surface area contributed by atoms with Crippen molar-refractivity contribution in [2.24, 2.45) is 0 Å². The minimum Gasteiger partial charge on any atom is -0.398 e. The van der Waals surface area contributed by atoms with Gasteiger partial charge in [-0.2, -0.15) is 5.26 Å². The van der Waals surface area contributed by atoms with Crippen LogP contribution in [0.4, 0.5) is 10.1 Å². The molecule has 2 N–H and O–H groups in total. The molecule has 72 valence electrons. The lowest BCUT2D eigenvalue weighted by Gasteiger charge is -2.11. The molecule has 3 heteroatoms. The fourth-order valence-electron chi connectivity index (χ4n) is 1.30. The van der Waals surface area contributed by atoms with Crippen LogP contribution in [0.1, 0.15) is 17.9 Å². The second-order valence-corrected chi connectivity index (χ2v) is 2.98. The molecule has 0 amide bonds. The summed E-state index contributed by atoms with van der Waals surface area (Å²) in [6, 6.07) is 6.22. The normalized spacial score (nSPS) is 11.7. The van der Waals surface area contributed by atoms with Crippen LogP contribution in [0.3, 0.4) is 0 Å². The molecule has 0 aromatic heterocycles. The highest BCUT2D eigenvalue weighted by Gasteiger charge is 2.10. The highest BCUT2D eigenvalue weighted by molar-refractivity contribution is 5.50. The first-order valence-corrected chi connectivity index (χ1v) is 4.23. The van der Waals surface area contributed by atoms with E-state index in [1.807, 2.05) is 6.07 Å². The van der Waals surface area contributed by atoms with E-state index in [2.05, 4.69) is 6.58 Å². The second kappa shape index (κ2) is 4.43. The van der Waals surface area contributed by atoms with Crippen molar-refractivity contribution in [3.05, 3.63) is 42.2 Å². The molecule has 0 aliphatic rings. The van der Waals surface area contributed by atoms with Crippen molar-refractivity contribution in [2.45, 2.75) is 12.3 Å². The molecule has 0 saturated heterocycles. The molecule has 0 bridgehead atoms. The third-order valence-corrected chi connectivity index (χ3v) is 2.04. The Bertz CT molecular complexity index is 379. The molecule has 0 heterocycles. The summed E-state index contributed by atoms with van der Waals surface area (Å²) in [6.45, 7) is 3.62. The van der Waals surface area contributed by atoms with E-state index in [-0.39, 0.29) is 11.7 Å². The van der Waals surface area contributed by atoms with E-state index in [0.29, 0.717) is 12.1 Å². The molecule has 1 atom stereocenters. The zero-order valence-electron chi connectivity index (χ0n) is 7.70. The average Bonchev–Trinajstić information content (AvgIpc) is 2.15. The Morgan fingerprint density at radius 2 is 2.36 bits per heavy atom. The van der Waals surface area contributed by atoms with Gasteiger partial charge in [0.2, 0.25) is 0 Å². The number of nitrogens with two attached hydrogens (primary N) is 1. The van der Waals surface area contributed by atoms with Crippen LogP contribution in [0.15, 0.2) is 30.9 Å². The highest BCUT2D eigenvalue weighted by atomic mass is 19.1. The lowest BCUT2D eigenvalue weighted by Crippen LogP contribution is -2.00. The van der Waals surface area contributed by atoms with Gasteiger partial charge in [-0.1, -0.05) is 12.1 Å². The molecule has 1 aromatic carbocycles. The van der Waals surface area contributed by atoms with Crippen LogP contribution in [0.5, 0.6) is 0 Å². The van der Waals surface area contributed by atoms with Crippen molar-refractivity contribution in [3.8, 4) is 6.07 Å². The number of benzene rings is 1. The summed E-state index contributed by atoms with van der Waals surface area (Å²) < 4.78 is 12.7. The number of anilines is 1. The minimum atomic E-state index is -0.369. The van der Waals surface area contributed by atoms with Crippen LogP contribution in [-0.4, -0.2) is 0 Å². The third-order valence-electron chi connectivity index (χ3n) is 2.04. The van der Waals surface area contributed by atoms with Crippen LogP contribution in [0.25, 0.3) is 0 Å². The molecule has 0 spiro atoms. The van der Waals surface area contributed by atoms with Crippen LogP contribution < -0.4 is 5.73 Å². The van der Waals surface area contributed by atoms with Crippen LogP contribution in [0.2, 0.25) is 0 Å². The van der Waals surface area contributed by atoms with Gasteiger partial charge in [0, 0.05) is 18.0 Å². The first kappa shape index (κ1) is 10.3. The Balaban J connectivity index is 3.05. The fourth-order valence-corrected chi connectivity index (χ4v) is 1.30. The average molecular weight is 190 g/mol. The maximum atomic E-state index is 12.7. The van der Waals surface area contributed by atoms with Gasteiger partial charge >= 0.3 is 0 Å². The van der Waals surface area contributed by atoms with Crippen molar-refractivity contribution in [1.29, 1.82) is 5.26 Å². The maximum absolute atomic E-state index is 12.7. The molecule has 0 aliphatic heterocycles. The molecule has 0 radical (unpaired) electrons.